The Labute approximate surface area is 74.6 Å². The van der Waals surface area contributed by atoms with Gasteiger partial charge < -0.3 is 4.74 Å². The van der Waals surface area contributed by atoms with Crippen LogP contribution in [0.15, 0.2) is 11.6 Å². The molecule has 0 aliphatic carbocycles. The third-order valence-corrected chi connectivity index (χ3v) is 1.78. The van der Waals surface area contributed by atoms with E-state index in [0.717, 1.165) is 31.1 Å². The Balaban J connectivity index is 3.89. The fourth-order valence-corrected chi connectivity index (χ4v) is 1.01. The molecule has 0 aromatic heterocycles. The van der Waals surface area contributed by atoms with Crippen molar-refractivity contribution in [3.63, 3.8) is 0 Å². The molecular formula is C10H18O2. The van der Waals surface area contributed by atoms with Gasteiger partial charge in [0, 0.05) is 7.11 Å². The molecule has 1 atom stereocenters. The Morgan fingerprint density at radius 3 is 2.67 bits per heavy atom. The molecule has 0 saturated carbocycles. The van der Waals surface area contributed by atoms with Crippen molar-refractivity contribution in [3.8, 4) is 0 Å². The monoisotopic (exact) mass is 170 g/mol. The number of hydrogen-bond acceptors (Lipinski definition) is 2. The highest BCUT2D eigenvalue weighted by molar-refractivity contribution is 5.72. The van der Waals surface area contributed by atoms with Gasteiger partial charge >= 0.3 is 0 Å². The van der Waals surface area contributed by atoms with Gasteiger partial charge in [-0.15, -0.1) is 0 Å². The molecule has 0 saturated heterocycles. The largest absolute Gasteiger partial charge is 0.377 e. The summed E-state index contributed by atoms with van der Waals surface area (Å²) in [6.07, 6.45) is 6.14. The van der Waals surface area contributed by atoms with E-state index in [4.69, 9.17) is 4.74 Å². The zero-order valence-corrected chi connectivity index (χ0v) is 8.17. The number of allylic oxidation sites excluding steroid dienone is 1. The van der Waals surface area contributed by atoms with Crippen molar-refractivity contribution >= 4 is 6.29 Å². The van der Waals surface area contributed by atoms with Crippen LogP contribution in [-0.2, 0) is 9.53 Å². The Kier molecular flexibility index (Phi) is 6.67. The summed E-state index contributed by atoms with van der Waals surface area (Å²) >= 11 is 0. The van der Waals surface area contributed by atoms with Crippen molar-refractivity contribution in [2.24, 2.45) is 0 Å². The molecule has 0 N–H and O–H groups in total. The van der Waals surface area contributed by atoms with Crippen molar-refractivity contribution in [2.75, 3.05) is 7.11 Å². The Morgan fingerprint density at radius 2 is 2.25 bits per heavy atom. The highest BCUT2D eigenvalue weighted by atomic mass is 16.5. The molecule has 0 fully saturated rings. The van der Waals surface area contributed by atoms with Crippen LogP contribution < -0.4 is 0 Å². The van der Waals surface area contributed by atoms with E-state index in [1.165, 1.54) is 0 Å². The number of carbonyl (C=O) groups excluding carboxylic acids is 1. The van der Waals surface area contributed by atoms with E-state index >= 15 is 0 Å². The number of hydrogen-bond donors (Lipinski definition) is 0. The van der Waals surface area contributed by atoms with Gasteiger partial charge in [-0.2, -0.15) is 0 Å². The molecule has 0 aliphatic rings. The molecule has 0 heterocycles. The molecule has 0 aliphatic heterocycles. The predicted octanol–water partition coefficient (Wildman–Crippen LogP) is 2.34. The lowest BCUT2D eigenvalue weighted by molar-refractivity contribution is -0.104. The van der Waals surface area contributed by atoms with Crippen molar-refractivity contribution in [1.82, 2.24) is 0 Å². The van der Waals surface area contributed by atoms with Crippen LogP contribution in [0.5, 0.6) is 0 Å². The van der Waals surface area contributed by atoms with Gasteiger partial charge in [-0.1, -0.05) is 19.8 Å². The number of carbonyl (C=O) groups is 1. The molecular weight excluding hydrogens is 152 g/mol. The fourth-order valence-electron chi connectivity index (χ4n) is 1.01. The van der Waals surface area contributed by atoms with E-state index in [0.29, 0.717) is 0 Å². The van der Waals surface area contributed by atoms with Crippen molar-refractivity contribution in [2.45, 2.75) is 39.2 Å². The zero-order chi connectivity index (χ0) is 9.40. The van der Waals surface area contributed by atoms with Crippen molar-refractivity contribution in [3.05, 3.63) is 11.6 Å². The first-order chi connectivity index (χ1) is 5.74. The topological polar surface area (TPSA) is 26.3 Å². The first-order valence-electron chi connectivity index (χ1n) is 4.41. The molecule has 2 heteroatoms. The maximum atomic E-state index is 10.3. The minimum atomic E-state index is 0.107. The summed E-state index contributed by atoms with van der Waals surface area (Å²) < 4.78 is 5.19. The Bertz CT molecular complexity index is 150. The summed E-state index contributed by atoms with van der Waals surface area (Å²) in [5, 5.41) is 0. The SMILES string of the molecule is CCCCC(/C=C(\C)C=O)OC. The highest BCUT2D eigenvalue weighted by Crippen LogP contribution is 2.06. The standard InChI is InChI=1S/C10H18O2/c1-4-5-6-10(12-3)7-9(2)8-11/h7-8,10H,4-6H2,1-3H3/b9-7+. The average molecular weight is 170 g/mol. The average Bonchev–Trinajstić information content (AvgIpc) is 2.11. The summed E-state index contributed by atoms with van der Waals surface area (Å²) in [6.45, 7) is 3.94. The van der Waals surface area contributed by atoms with Crippen molar-refractivity contribution in [1.29, 1.82) is 0 Å². The lowest BCUT2D eigenvalue weighted by atomic mass is 10.1. The molecule has 2 nitrogen and oxygen atoms in total. The van der Waals surface area contributed by atoms with Gasteiger partial charge in [0.1, 0.15) is 6.29 Å². The number of aldehydes is 1. The van der Waals surface area contributed by atoms with Crippen LogP contribution >= 0.6 is 0 Å². The molecule has 0 aromatic carbocycles. The second-order valence-corrected chi connectivity index (χ2v) is 2.94. The molecule has 0 bridgehead atoms. The molecule has 0 radical (unpaired) electrons. The van der Waals surface area contributed by atoms with Gasteiger partial charge in [-0.25, -0.2) is 0 Å². The summed E-state index contributed by atoms with van der Waals surface area (Å²) in [5.74, 6) is 0. The molecule has 0 aromatic rings. The lowest BCUT2D eigenvalue weighted by Gasteiger charge is -2.09. The molecule has 1 unspecified atom stereocenters. The van der Waals surface area contributed by atoms with Crippen molar-refractivity contribution < 1.29 is 9.53 Å². The second-order valence-electron chi connectivity index (χ2n) is 2.94. The van der Waals surface area contributed by atoms with Crippen LogP contribution in [0.4, 0.5) is 0 Å². The molecule has 0 rings (SSSR count). The van der Waals surface area contributed by atoms with Gasteiger partial charge in [0.25, 0.3) is 0 Å². The fraction of sp³-hybridized carbons (Fsp3) is 0.700. The van der Waals surface area contributed by atoms with Crippen LogP contribution in [-0.4, -0.2) is 19.5 Å². The summed E-state index contributed by atoms with van der Waals surface area (Å²) in [4.78, 5) is 10.3. The Hall–Kier alpha value is -0.630. The van der Waals surface area contributed by atoms with Crippen LogP contribution in [0.1, 0.15) is 33.1 Å². The summed E-state index contributed by atoms with van der Waals surface area (Å²) in [7, 11) is 1.68. The molecule has 12 heavy (non-hydrogen) atoms. The van der Waals surface area contributed by atoms with Crippen LogP contribution in [0, 0.1) is 0 Å². The van der Waals surface area contributed by atoms with E-state index in [1.807, 2.05) is 6.08 Å². The molecule has 0 amide bonds. The molecule has 0 spiro atoms. The normalized spacial score (nSPS) is 14.4. The zero-order valence-electron chi connectivity index (χ0n) is 8.17. The first kappa shape index (κ1) is 11.4. The maximum Gasteiger partial charge on any atom is 0.145 e. The predicted molar refractivity (Wildman–Crippen MR) is 50.1 cm³/mol. The smallest absolute Gasteiger partial charge is 0.145 e. The quantitative estimate of drug-likeness (QED) is 0.452. The summed E-state index contributed by atoms with van der Waals surface area (Å²) in [5.41, 5.74) is 0.748. The maximum absolute atomic E-state index is 10.3. The van der Waals surface area contributed by atoms with Crippen LogP contribution in [0.2, 0.25) is 0 Å². The lowest BCUT2D eigenvalue weighted by Crippen LogP contribution is -2.07. The Morgan fingerprint density at radius 1 is 1.58 bits per heavy atom. The highest BCUT2D eigenvalue weighted by Gasteiger charge is 2.02. The van der Waals surface area contributed by atoms with Gasteiger partial charge in [0.15, 0.2) is 0 Å². The first-order valence-corrected chi connectivity index (χ1v) is 4.41. The van der Waals surface area contributed by atoms with Crippen LogP contribution in [0.25, 0.3) is 0 Å². The van der Waals surface area contributed by atoms with Gasteiger partial charge in [0.2, 0.25) is 0 Å². The van der Waals surface area contributed by atoms with E-state index < -0.39 is 0 Å². The van der Waals surface area contributed by atoms with Gasteiger partial charge in [0.05, 0.1) is 6.10 Å². The van der Waals surface area contributed by atoms with E-state index in [2.05, 4.69) is 6.92 Å². The van der Waals surface area contributed by atoms with E-state index in [9.17, 15) is 4.79 Å². The van der Waals surface area contributed by atoms with Gasteiger partial charge in [-0.3, -0.25) is 4.79 Å². The van der Waals surface area contributed by atoms with Gasteiger partial charge in [-0.05, 0) is 25.0 Å². The number of rotatable bonds is 6. The number of ether oxygens (including phenoxy) is 1. The minimum absolute atomic E-state index is 0.107. The third kappa shape index (κ3) is 5.08. The molecule has 70 valence electrons. The second kappa shape index (κ2) is 7.04. The number of unbranched alkanes of at least 4 members (excludes halogenated alkanes) is 1. The van der Waals surface area contributed by atoms with E-state index in [-0.39, 0.29) is 6.10 Å². The van der Waals surface area contributed by atoms with Crippen LogP contribution in [0.3, 0.4) is 0 Å². The third-order valence-electron chi connectivity index (χ3n) is 1.78. The minimum Gasteiger partial charge on any atom is -0.377 e. The summed E-state index contributed by atoms with van der Waals surface area (Å²) in [6, 6.07) is 0. The van der Waals surface area contributed by atoms with E-state index in [1.54, 1.807) is 14.0 Å². The number of methoxy groups -OCH3 is 1.